The fraction of sp³-hybridized carbons (Fsp3) is 0.0833. The van der Waals surface area contributed by atoms with Crippen molar-refractivity contribution in [1.82, 2.24) is 10.7 Å². The Bertz CT molecular complexity index is 1250. The van der Waals surface area contributed by atoms with Crippen LogP contribution < -0.4 is 20.2 Å². The zero-order valence-electron chi connectivity index (χ0n) is 17.9. The van der Waals surface area contributed by atoms with Gasteiger partial charge in [0.25, 0.3) is 11.8 Å². The minimum atomic E-state index is -0.538. The number of hydrazone groups is 1. The molecular formula is C24H19Br2N3O5. The molecule has 0 aliphatic carbocycles. The van der Waals surface area contributed by atoms with Gasteiger partial charge in [-0.05, 0) is 79.9 Å². The van der Waals surface area contributed by atoms with Crippen molar-refractivity contribution in [1.29, 1.82) is 0 Å². The highest BCUT2D eigenvalue weighted by molar-refractivity contribution is 9.10. The third-order valence-corrected chi connectivity index (χ3v) is 5.80. The molecule has 0 fully saturated rings. The molecule has 3 aromatic carbocycles. The van der Waals surface area contributed by atoms with Crippen LogP contribution in [-0.2, 0) is 4.79 Å². The molecule has 2 N–H and O–H groups in total. The van der Waals surface area contributed by atoms with Crippen molar-refractivity contribution in [2.24, 2.45) is 5.10 Å². The number of carbonyl (C=O) groups excluding carboxylic acids is 3. The molecule has 0 saturated carbocycles. The molecule has 0 spiro atoms. The molecule has 10 heteroatoms. The summed E-state index contributed by atoms with van der Waals surface area (Å²) in [5.74, 6) is -0.869. The Balaban J connectivity index is 1.56. The van der Waals surface area contributed by atoms with Gasteiger partial charge >= 0.3 is 5.97 Å². The van der Waals surface area contributed by atoms with E-state index >= 15 is 0 Å². The summed E-state index contributed by atoms with van der Waals surface area (Å²) in [5.41, 5.74) is 3.73. The van der Waals surface area contributed by atoms with E-state index in [-0.39, 0.29) is 18.2 Å². The average Bonchev–Trinajstić information content (AvgIpc) is 2.83. The quantitative estimate of drug-likeness (QED) is 0.176. The Hall–Kier alpha value is -3.50. The maximum atomic E-state index is 12.4. The van der Waals surface area contributed by atoms with Gasteiger partial charge in [-0.25, -0.2) is 10.2 Å². The van der Waals surface area contributed by atoms with Crippen LogP contribution in [0.15, 0.2) is 80.8 Å². The van der Waals surface area contributed by atoms with Gasteiger partial charge in [0.05, 0.1) is 31.0 Å². The summed E-state index contributed by atoms with van der Waals surface area (Å²) in [6, 6.07) is 18.6. The summed E-state index contributed by atoms with van der Waals surface area (Å²) in [6.07, 6.45) is 1.40. The number of hydrogen-bond acceptors (Lipinski definition) is 6. The number of amides is 2. The first kappa shape index (κ1) is 25.1. The van der Waals surface area contributed by atoms with E-state index in [1.54, 1.807) is 66.7 Å². The van der Waals surface area contributed by atoms with Crippen molar-refractivity contribution in [2.45, 2.75) is 0 Å². The molecule has 0 unspecified atom stereocenters. The number of halogens is 2. The molecule has 0 radical (unpaired) electrons. The SMILES string of the molecule is COc1cc(/C=N/NC(=O)CNC(=O)c2ccccc2Br)ccc1OC(=O)c1ccccc1Br. The van der Waals surface area contributed by atoms with Crippen molar-refractivity contribution in [2.75, 3.05) is 13.7 Å². The smallest absolute Gasteiger partial charge is 0.344 e. The van der Waals surface area contributed by atoms with Crippen LogP contribution in [0.2, 0.25) is 0 Å². The highest BCUT2D eigenvalue weighted by Crippen LogP contribution is 2.29. The van der Waals surface area contributed by atoms with Gasteiger partial charge in [-0.2, -0.15) is 5.10 Å². The Morgan fingerprint density at radius 3 is 2.21 bits per heavy atom. The summed E-state index contributed by atoms with van der Waals surface area (Å²) in [7, 11) is 1.45. The normalized spacial score (nSPS) is 10.6. The molecule has 0 aliphatic rings. The molecule has 0 bridgehead atoms. The van der Waals surface area contributed by atoms with Crippen molar-refractivity contribution in [3.63, 3.8) is 0 Å². The second-order valence-corrected chi connectivity index (χ2v) is 8.44. The number of ether oxygens (including phenoxy) is 2. The highest BCUT2D eigenvalue weighted by Gasteiger charge is 2.15. The molecule has 0 aromatic heterocycles. The number of nitrogens with zero attached hydrogens (tertiary/aromatic N) is 1. The van der Waals surface area contributed by atoms with E-state index in [1.807, 2.05) is 0 Å². The van der Waals surface area contributed by atoms with E-state index in [4.69, 9.17) is 9.47 Å². The second-order valence-electron chi connectivity index (χ2n) is 6.74. The van der Waals surface area contributed by atoms with Crippen LogP contribution in [0.25, 0.3) is 0 Å². The van der Waals surface area contributed by atoms with Crippen LogP contribution in [0.5, 0.6) is 11.5 Å². The lowest BCUT2D eigenvalue weighted by Crippen LogP contribution is -2.35. The number of benzene rings is 3. The molecule has 0 aliphatic heterocycles. The molecule has 0 atom stereocenters. The topological polar surface area (TPSA) is 106 Å². The van der Waals surface area contributed by atoms with Crippen LogP contribution in [0.4, 0.5) is 0 Å². The number of carbonyl (C=O) groups is 3. The minimum Gasteiger partial charge on any atom is -0.493 e. The van der Waals surface area contributed by atoms with Crippen LogP contribution in [0.3, 0.4) is 0 Å². The van der Waals surface area contributed by atoms with Crippen molar-refractivity contribution in [3.05, 3.63) is 92.4 Å². The van der Waals surface area contributed by atoms with E-state index in [2.05, 4.69) is 47.7 Å². The zero-order valence-corrected chi connectivity index (χ0v) is 21.1. The standard InChI is InChI=1S/C24H19Br2N3O5/c1-33-21-12-15(10-11-20(21)34-24(32)17-7-3-5-9-19(17)26)13-28-29-22(30)14-27-23(31)16-6-2-4-8-18(16)25/h2-13H,14H2,1H3,(H,27,31)(H,29,30)/b28-13+. The zero-order chi connectivity index (χ0) is 24.5. The molecule has 3 rings (SSSR count). The second kappa shape index (κ2) is 12.1. The summed E-state index contributed by atoms with van der Waals surface area (Å²) in [5, 5.41) is 6.40. The van der Waals surface area contributed by atoms with E-state index in [0.717, 1.165) is 0 Å². The Labute approximate surface area is 212 Å². The van der Waals surface area contributed by atoms with Crippen molar-refractivity contribution in [3.8, 4) is 11.5 Å². The molecule has 0 heterocycles. The molecule has 8 nitrogen and oxygen atoms in total. The predicted octanol–water partition coefficient (Wildman–Crippen LogP) is 4.32. The molecular weight excluding hydrogens is 570 g/mol. The largest absolute Gasteiger partial charge is 0.493 e. The van der Waals surface area contributed by atoms with E-state index in [9.17, 15) is 14.4 Å². The van der Waals surface area contributed by atoms with Gasteiger partial charge in [0.2, 0.25) is 0 Å². The fourth-order valence-electron chi connectivity index (χ4n) is 2.75. The molecule has 3 aromatic rings. The van der Waals surface area contributed by atoms with Gasteiger partial charge in [0, 0.05) is 8.95 Å². The fourth-order valence-corrected chi connectivity index (χ4v) is 3.66. The van der Waals surface area contributed by atoms with E-state index < -0.39 is 11.9 Å². The van der Waals surface area contributed by atoms with Gasteiger partial charge in [0.15, 0.2) is 11.5 Å². The predicted molar refractivity (Wildman–Crippen MR) is 134 cm³/mol. The molecule has 34 heavy (non-hydrogen) atoms. The highest BCUT2D eigenvalue weighted by atomic mass is 79.9. The van der Waals surface area contributed by atoms with E-state index in [1.165, 1.54) is 13.3 Å². The van der Waals surface area contributed by atoms with Crippen molar-refractivity contribution >= 4 is 55.9 Å². The average molecular weight is 589 g/mol. The van der Waals surface area contributed by atoms with Crippen LogP contribution >= 0.6 is 31.9 Å². The number of nitrogens with one attached hydrogen (secondary N) is 2. The summed E-state index contributed by atoms with van der Waals surface area (Å²) in [6.45, 7) is -0.245. The monoisotopic (exact) mass is 587 g/mol. The van der Waals surface area contributed by atoms with Gasteiger partial charge < -0.3 is 14.8 Å². The van der Waals surface area contributed by atoms with Crippen molar-refractivity contribution < 1.29 is 23.9 Å². The lowest BCUT2D eigenvalue weighted by Gasteiger charge is -2.10. The van der Waals surface area contributed by atoms with Crippen LogP contribution in [0.1, 0.15) is 26.3 Å². The molecule has 174 valence electrons. The van der Waals surface area contributed by atoms with Gasteiger partial charge in [-0.1, -0.05) is 24.3 Å². The number of rotatable bonds is 8. The number of esters is 1. The van der Waals surface area contributed by atoms with Gasteiger partial charge in [0.1, 0.15) is 0 Å². The Morgan fingerprint density at radius 1 is 0.912 bits per heavy atom. The summed E-state index contributed by atoms with van der Waals surface area (Å²) < 4.78 is 12.0. The third-order valence-electron chi connectivity index (χ3n) is 4.41. The Morgan fingerprint density at radius 2 is 1.56 bits per heavy atom. The first-order chi connectivity index (χ1) is 16.4. The summed E-state index contributed by atoms with van der Waals surface area (Å²) >= 11 is 6.61. The number of methoxy groups -OCH3 is 1. The van der Waals surface area contributed by atoms with Gasteiger partial charge in [-0.15, -0.1) is 0 Å². The van der Waals surface area contributed by atoms with E-state index in [0.29, 0.717) is 31.4 Å². The maximum absolute atomic E-state index is 12.4. The van der Waals surface area contributed by atoms with Crippen LogP contribution in [0, 0.1) is 0 Å². The maximum Gasteiger partial charge on any atom is 0.344 e. The Kier molecular flexibility index (Phi) is 8.94. The first-order valence-corrected chi connectivity index (χ1v) is 11.5. The lowest BCUT2D eigenvalue weighted by molar-refractivity contribution is -0.120. The van der Waals surface area contributed by atoms with Crippen LogP contribution in [-0.4, -0.2) is 37.7 Å². The van der Waals surface area contributed by atoms with Gasteiger partial charge in [-0.3, -0.25) is 9.59 Å². The molecule has 2 amide bonds. The third kappa shape index (κ3) is 6.75. The summed E-state index contributed by atoms with van der Waals surface area (Å²) in [4.78, 5) is 36.6. The molecule has 0 saturated heterocycles. The number of hydrogen-bond donors (Lipinski definition) is 2. The minimum absolute atomic E-state index is 0.235. The first-order valence-electron chi connectivity index (χ1n) is 9.88. The lowest BCUT2D eigenvalue weighted by atomic mass is 10.2.